The molecule has 0 amide bonds. The zero-order chi connectivity index (χ0) is 23.7. The van der Waals surface area contributed by atoms with Crippen molar-refractivity contribution in [2.24, 2.45) is 11.6 Å². The average Bonchev–Trinajstić information content (AvgIpc) is 2.71. The maximum Gasteiger partial charge on any atom is 0.422 e. The minimum Gasteiger partial charge on any atom is -0.423 e. The van der Waals surface area contributed by atoms with E-state index in [0.717, 1.165) is 18.1 Å². The lowest BCUT2D eigenvalue weighted by Gasteiger charge is -2.30. The highest BCUT2D eigenvalue weighted by molar-refractivity contribution is 5.93. The van der Waals surface area contributed by atoms with Crippen LogP contribution in [0, 0.1) is 5.82 Å². The summed E-state index contributed by atoms with van der Waals surface area (Å²) in [5, 5.41) is 11.4. The van der Waals surface area contributed by atoms with E-state index in [-0.39, 0.29) is 12.1 Å². The molecule has 3 aromatic rings. The number of halogens is 4. The lowest BCUT2D eigenvalue weighted by Crippen LogP contribution is -2.49. The third-order valence-electron chi connectivity index (χ3n) is 5.09. The van der Waals surface area contributed by atoms with Crippen molar-refractivity contribution in [2.75, 3.05) is 0 Å². The van der Waals surface area contributed by atoms with Gasteiger partial charge in [-0.15, -0.1) is 0 Å². The Labute approximate surface area is 180 Å². The van der Waals surface area contributed by atoms with Crippen molar-refractivity contribution in [3.05, 3.63) is 82.2 Å². The van der Waals surface area contributed by atoms with E-state index in [1.165, 1.54) is 36.4 Å². The van der Waals surface area contributed by atoms with Crippen LogP contribution in [0.25, 0.3) is 22.1 Å². The Hall–Kier alpha value is -3.37. The molecule has 10 heteroatoms. The molecule has 32 heavy (non-hydrogen) atoms. The van der Waals surface area contributed by atoms with Crippen LogP contribution in [0.15, 0.2) is 69.6 Å². The minimum absolute atomic E-state index is 0.0845. The van der Waals surface area contributed by atoms with E-state index < -0.39 is 35.3 Å². The highest BCUT2D eigenvalue weighted by Crippen LogP contribution is 2.37. The van der Waals surface area contributed by atoms with Gasteiger partial charge in [-0.2, -0.15) is 13.2 Å². The number of fused-ring (bicyclic) bond motifs is 1. The van der Waals surface area contributed by atoms with Gasteiger partial charge in [0.1, 0.15) is 11.4 Å². The molecule has 1 atom stereocenters. The number of nitrogens with zero attached hydrogens (tertiary/aromatic N) is 1. The fourth-order valence-electron chi connectivity index (χ4n) is 3.28. The van der Waals surface area contributed by atoms with E-state index in [9.17, 15) is 27.5 Å². The molecule has 0 aliphatic rings. The van der Waals surface area contributed by atoms with Crippen LogP contribution in [-0.2, 0) is 6.54 Å². The molecule has 0 radical (unpaired) electrons. The number of aliphatic hydroxyl groups is 1. The first-order valence-electron chi connectivity index (χ1n) is 9.55. The van der Waals surface area contributed by atoms with Crippen molar-refractivity contribution in [3.63, 3.8) is 0 Å². The molecule has 0 saturated heterocycles. The first kappa shape index (κ1) is 23.3. The summed E-state index contributed by atoms with van der Waals surface area (Å²) < 4.78 is 57.9. The molecular formula is C22H21F4N3O3. The van der Waals surface area contributed by atoms with Gasteiger partial charge in [-0.05, 0) is 41.3 Å². The smallest absolute Gasteiger partial charge is 0.422 e. The van der Waals surface area contributed by atoms with E-state index in [4.69, 9.17) is 16.0 Å². The zero-order valence-electron chi connectivity index (χ0n) is 17.0. The van der Waals surface area contributed by atoms with Crippen LogP contribution in [0.3, 0.4) is 0 Å². The predicted molar refractivity (Wildman–Crippen MR) is 111 cm³/mol. The van der Waals surface area contributed by atoms with Gasteiger partial charge in [0, 0.05) is 17.7 Å². The largest absolute Gasteiger partial charge is 0.423 e. The lowest BCUT2D eigenvalue weighted by molar-refractivity contribution is -0.245. The van der Waals surface area contributed by atoms with Gasteiger partial charge in [0.15, 0.2) is 0 Å². The Balaban J connectivity index is 1.92. The normalized spacial score (nSPS) is 14.4. The maximum atomic E-state index is 13.2. The standard InChI is InChI=1S/C22H21F4N3O3/c1-2-21(31,22(24,25)26)19(27)12-29(28)11-13-3-8-16-17(10-20(30)32-18(16)9-13)14-4-6-15(23)7-5-14/h3-10,12,31H,2,11,27-28H2,1H3/b19-12-. The Morgan fingerprint density at radius 2 is 1.81 bits per heavy atom. The lowest BCUT2D eigenvalue weighted by atomic mass is 9.96. The molecule has 0 aliphatic carbocycles. The van der Waals surface area contributed by atoms with Crippen molar-refractivity contribution >= 4 is 11.0 Å². The van der Waals surface area contributed by atoms with Gasteiger partial charge >= 0.3 is 11.8 Å². The van der Waals surface area contributed by atoms with Crippen molar-refractivity contribution < 1.29 is 27.1 Å². The van der Waals surface area contributed by atoms with Gasteiger partial charge < -0.3 is 20.3 Å². The zero-order valence-corrected chi connectivity index (χ0v) is 17.0. The summed E-state index contributed by atoms with van der Waals surface area (Å²) in [5.74, 6) is 5.36. The monoisotopic (exact) mass is 451 g/mol. The molecule has 6 nitrogen and oxygen atoms in total. The van der Waals surface area contributed by atoms with Crippen LogP contribution in [0.2, 0.25) is 0 Å². The number of alkyl halides is 3. The molecule has 1 unspecified atom stereocenters. The Bertz CT molecular complexity index is 1210. The van der Waals surface area contributed by atoms with Crippen LogP contribution in [0.1, 0.15) is 18.9 Å². The van der Waals surface area contributed by atoms with Crippen LogP contribution < -0.4 is 17.2 Å². The first-order valence-corrected chi connectivity index (χ1v) is 9.55. The van der Waals surface area contributed by atoms with Crippen molar-refractivity contribution in [2.45, 2.75) is 31.7 Å². The highest BCUT2D eigenvalue weighted by atomic mass is 19.4. The van der Waals surface area contributed by atoms with Crippen molar-refractivity contribution in [3.8, 4) is 11.1 Å². The number of hydrazine groups is 1. The van der Waals surface area contributed by atoms with E-state index in [1.807, 2.05) is 0 Å². The summed E-state index contributed by atoms with van der Waals surface area (Å²) in [7, 11) is 0. The van der Waals surface area contributed by atoms with Gasteiger partial charge in [-0.25, -0.2) is 15.0 Å². The molecule has 0 saturated carbocycles. The topological polar surface area (TPSA) is 106 Å². The molecule has 0 spiro atoms. The fourth-order valence-corrected chi connectivity index (χ4v) is 3.28. The Morgan fingerprint density at radius 1 is 1.16 bits per heavy atom. The molecule has 0 fully saturated rings. The Kier molecular flexibility index (Phi) is 6.29. The van der Waals surface area contributed by atoms with Crippen LogP contribution in [0.5, 0.6) is 0 Å². The molecule has 1 heterocycles. The van der Waals surface area contributed by atoms with Crippen LogP contribution in [0.4, 0.5) is 17.6 Å². The minimum atomic E-state index is -4.97. The molecular weight excluding hydrogens is 430 g/mol. The van der Waals surface area contributed by atoms with Crippen molar-refractivity contribution in [1.29, 1.82) is 0 Å². The molecule has 170 valence electrons. The van der Waals surface area contributed by atoms with Gasteiger partial charge in [0.25, 0.3) is 0 Å². The van der Waals surface area contributed by atoms with E-state index in [2.05, 4.69) is 0 Å². The summed E-state index contributed by atoms with van der Waals surface area (Å²) in [6.45, 7) is 1.07. The van der Waals surface area contributed by atoms with E-state index >= 15 is 0 Å². The SMILES string of the molecule is CCC(O)(/C(N)=C/N(N)Cc1ccc2c(-c3ccc(F)cc3)cc(=O)oc2c1)C(F)(F)F. The number of benzene rings is 2. The summed E-state index contributed by atoms with van der Waals surface area (Å²) in [6.07, 6.45) is -4.83. The van der Waals surface area contributed by atoms with Gasteiger partial charge in [0.2, 0.25) is 5.60 Å². The van der Waals surface area contributed by atoms with Crippen LogP contribution in [-0.4, -0.2) is 21.9 Å². The molecule has 1 aromatic heterocycles. The summed E-state index contributed by atoms with van der Waals surface area (Å²) >= 11 is 0. The summed E-state index contributed by atoms with van der Waals surface area (Å²) in [5.41, 5.74) is 2.70. The second-order valence-corrected chi connectivity index (χ2v) is 7.28. The van der Waals surface area contributed by atoms with E-state index in [0.29, 0.717) is 22.1 Å². The quantitative estimate of drug-likeness (QED) is 0.228. The first-order chi connectivity index (χ1) is 14.9. The highest BCUT2D eigenvalue weighted by Gasteiger charge is 2.54. The summed E-state index contributed by atoms with van der Waals surface area (Å²) in [6, 6.07) is 11.7. The third-order valence-corrected chi connectivity index (χ3v) is 5.09. The molecule has 0 bridgehead atoms. The molecule has 2 aromatic carbocycles. The number of rotatable bonds is 6. The summed E-state index contributed by atoms with van der Waals surface area (Å²) in [4.78, 5) is 12.0. The fraction of sp³-hybridized carbons (Fsp3) is 0.227. The second kappa shape index (κ2) is 8.64. The van der Waals surface area contributed by atoms with Gasteiger partial charge in [-0.1, -0.05) is 31.2 Å². The van der Waals surface area contributed by atoms with Gasteiger partial charge in [0.05, 0.1) is 12.2 Å². The van der Waals surface area contributed by atoms with E-state index in [1.54, 1.807) is 12.1 Å². The predicted octanol–water partition coefficient (Wildman–Crippen LogP) is 3.78. The Morgan fingerprint density at radius 3 is 2.41 bits per heavy atom. The number of hydrogen-bond acceptors (Lipinski definition) is 6. The average molecular weight is 451 g/mol. The number of nitrogens with two attached hydrogens (primary N) is 2. The second-order valence-electron chi connectivity index (χ2n) is 7.28. The van der Waals surface area contributed by atoms with Gasteiger partial charge in [-0.3, -0.25) is 0 Å². The third kappa shape index (κ3) is 4.61. The van der Waals surface area contributed by atoms with Crippen LogP contribution >= 0.6 is 0 Å². The maximum absolute atomic E-state index is 13.2. The molecule has 3 rings (SSSR count). The van der Waals surface area contributed by atoms with Crippen molar-refractivity contribution in [1.82, 2.24) is 5.01 Å². The molecule has 5 N–H and O–H groups in total. The molecule has 0 aliphatic heterocycles. The number of hydrogen-bond donors (Lipinski definition) is 3.